The number of carbonyl (C=O) groups is 1. The van der Waals surface area contributed by atoms with Crippen LogP contribution in [0.3, 0.4) is 0 Å². The maximum atomic E-state index is 13.3. The predicted octanol–water partition coefficient (Wildman–Crippen LogP) is 5.97. The fourth-order valence-corrected chi connectivity index (χ4v) is 4.39. The van der Waals surface area contributed by atoms with E-state index >= 15 is 0 Å². The standard InChI is InChI=1S/C26H27NO4S/c1-5-21(27)16-24-18(3)8-9-19(4)25(24)26(28)20-10-12-22(13-11-20)31-32(29,30)23-14-6-17(2)7-15-23/h6-7,10-16,27H,3,5,8-9H2,1-2,4H3/b24-16+,27-21?. The van der Waals surface area contributed by atoms with Crippen LogP contribution >= 0.6 is 0 Å². The van der Waals surface area contributed by atoms with Crippen molar-refractivity contribution in [2.75, 3.05) is 0 Å². The van der Waals surface area contributed by atoms with E-state index < -0.39 is 10.1 Å². The van der Waals surface area contributed by atoms with Gasteiger partial charge in [-0.2, -0.15) is 8.42 Å². The third-order valence-electron chi connectivity index (χ3n) is 5.44. The Morgan fingerprint density at radius 2 is 1.69 bits per heavy atom. The van der Waals surface area contributed by atoms with Gasteiger partial charge in [-0.3, -0.25) is 4.79 Å². The Balaban J connectivity index is 1.87. The fraction of sp³-hybridized carbons (Fsp3) is 0.231. The molecule has 1 aliphatic rings. The molecule has 0 aromatic heterocycles. The first-order valence-electron chi connectivity index (χ1n) is 10.5. The second-order valence-electron chi connectivity index (χ2n) is 7.90. The molecule has 0 heterocycles. The zero-order valence-corrected chi connectivity index (χ0v) is 19.4. The minimum absolute atomic E-state index is 0.0675. The number of hydrogen-bond acceptors (Lipinski definition) is 5. The lowest BCUT2D eigenvalue weighted by Gasteiger charge is -2.23. The highest BCUT2D eigenvalue weighted by Crippen LogP contribution is 2.35. The van der Waals surface area contributed by atoms with E-state index in [2.05, 4.69) is 6.58 Å². The summed E-state index contributed by atoms with van der Waals surface area (Å²) in [5.74, 6) is -0.0455. The van der Waals surface area contributed by atoms with Crippen LogP contribution in [0.2, 0.25) is 0 Å². The maximum absolute atomic E-state index is 13.3. The summed E-state index contributed by atoms with van der Waals surface area (Å²) in [6, 6.07) is 12.5. The molecule has 2 aromatic rings. The molecule has 1 aliphatic carbocycles. The van der Waals surface area contributed by atoms with Crippen molar-refractivity contribution in [2.45, 2.75) is 44.9 Å². The summed E-state index contributed by atoms with van der Waals surface area (Å²) >= 11 is 0. The van der Waals surface area contributed by atoms with Gasteiger partial charge in [0, 0.05) is 16.8 Å². The highest BCUT2D eigenvalue weighted by atomic mass is 32.2. The minimum Gasteiger partial charge on any atom is -0.379 e. The van der Waals surface area contributed by atoms with Crippen LogP contribution in [-0.2, 0) is 10.1 Å². The summed E-state index contributed by atoms with van der Waals surface area (Å²) in [5, 5.41) is 8.03. The van der Waals surface area contributed by atoms with Gasteiger partial charge in [-0.25, -0.2) is 0 Å². The van der Waals surface area contributed by atoms with Gasteiger partial charge in [0.1, 0.15) is 10.6 Å². The quantitative estimate of drug-likeness (QED) is 0.321. The molecule has 5 nitrogen and oxygen atoms in total. The average molecular weight is 450 g/mol. The van der Waals surface area contributed by atoms with E-state index in [1.165, 1.54) is 24.3 Å². The molecule has 0 radical (unpaired) electrons. The fourth-order valence-electron chi connectivity index (χ4n) is 3.46. The largest absolute Gasteiger partial charge is 0.379 e. The van der Waals surface area contributed by atoms with Gasteiger partial charge in [0.05, 0.1) is 0 Å². The van der Waals surface area contributed by atoms with Gasteiger partial charge in [0.15, 0.2) is 5.78 Å². The van der Waals surface area contributed by atoms with Gasteiger partial charge in [-0.15, -0.1) is 0 Å². The summed E-state index contributed by atoms with van der Waals surface area (Å²) in [4.78, 5) is 13.4. The van der Waals surface area contributed by atoms with Gasteiger partial charge < -0.3 is 9.59 Å². The molecule has 0 fully saturated rings. The Morgan fingerprint density at radius 1 is 1.06 bits per heavy atom. The molecule has 6 heteroatoms. The number of Topliss-reactive ketones (excluding diaryl/α,β-unsaturated/α-hetero) is 1. The van der Waals surface area contributed by atoms with Crippen molar-refractivity contribution < 1.29 is 17.4 Å². The van der Waals surface area contributed by atoms with E-state index in [1.54, 1.807) is 30.3 Å². The summed E-state index contributed by atoms with van der Waals surface area (Å²) in [6.45, 7) is 9.79. The number of hydrogen-bond donors (Lipinski definition) is 1. The average Bonchev–Trinajstić information content (AvgIpc) is 2.76. The van der Waals surface area contributed by atoms with E-state index in [-0.39, 0.29) is 16.4 Å². The SMILES string of the molecule is C=C1CCC(C)=C(C(=O)c2ccc(OS(=O)(=O)c3ccc(C)cc3)cc2)/C1=C/C(=N)CC. The predicted molar refractivity (Wildman–Crippen MR) is 127 cm³/mol. The zero-order valence-electron chi connectivity index (χ0n) is 18.6. The molecule has 0 atom stereocenters. The van der Waals surface area contributed by atoms with Gasteiger partial charge in [0.2, 0.25) is 0 Å². The Bertz CT molecular complexity index is 1230. The van der Waals surface area contributed by atoms with Crippen molar-refractivity contribution in [1.82, 2.24) is 0 Å². The molecule has 166 valence electrons. The summed E-state index contributed by atoms with van der Waals surface area (Å²) in [5.41, 5.74) is 4.90. The van der Waals surface area contributed by atoms with Gasteiger partial charge >= 0.3 is 10.1 Å². The van der Waals surface area contributed by atoms with Crippen LogP contribution < -0.4 is 4.18 Å². The Kier molecular flexibility index (Phi) is 6.94. The third-order valence-corrected chi connectivity index (χ3v) is 6.70. The second kappa shape index (κ2) is 9.49. The smallest absolute Gasteiger partial charge is 0.339 e. The van der Waals surface area contributed by atoms with Gasteiger partial charge in [0.25, 0.3) is 0 Å². The molecule has 0 spiro atoms. The zero-order chi connectivity index (χ0) is 23.5. The monoisotopic (exact) mass is 449 g/mol. The number of nitrogens with one attached hydrogen (secondary N) is 1. The number of ketones is 1. The molecule has 3 rings (SSSR count). The van der Waals surface area contributed by atoms with Crippen molar-refractivity contribution >= 4 is 21.6 Å². The Morgan fingerprint density at radius 3 is 2.28 bits per heavy atom. The summed E-state index contributed by atoms with van der Waals surface area (Å²) in [6.07, 6.45) is 3.80. The number of benzene rings is 2. The topological polar surface area (TPSA) is 84.3 Å². The van der Waals surface area contributed by atoms with Crippen LogP contribution in [0, 0.1) is 12.3 Å². The first-order valence-corrected chi connectivity index (χ1v) is 11.9. The van der Waals surface area contributed by atoms with Crippen molar-refractivity contribution in [2.24, 2.45) is 0 Å². The molecule has 1 N–H and O–H groups in total. The number of aryl methyl sites for hydroxylation is 1. The highest BCUT2D eigenvalue weighted by Gasteiger charge is 2.25. The number of rotatable bonds is 7. The van der Waals surface area contributed by atoms with Crippen LogP contribution in [0.15, 0.2) is 88.4 Å². The first-order chi connectivity index (χ1) is 15.1. The molecular formula is C26H27NO4S. The van der Waals surface area contributed by atoms with E-state index in [4.69, 9.17) is 9.59 Å². The second-order valence-corrected chi connectivity index (χ2v) is 9.45. The van der Waals surface area contributed by atoms with Gasteiger partial charge in [-0.1, -0.05) is 36.8 Å². The van der Waals surface area contributed by atoms with E-state index in [9.17, 15) is 13.2 Å². The van der Waals surface area contributed by atoms with E-state index in [0.717, 1.165) is 29.6 Å². The lowest BCUT2D eigenvalue weighted by atomic mass is 9.80. The molecule has 0 saturated heterocycles. The molecule has 2 aromatic carbocycles. The van der Waals surface area contributed by atoms with Crippen LogP contribution in [0.25, 0.3) is 0 Å². The lowest BCUT2D eigenvalue weighted by molar-refractivity contribution is 0.103. The molecule has 0 amide bonds. The summed E-state index contributed by atoms with van der Waals surface area (Å²) < 4.78 is 30.2. The van der Waals surface area contributed by atoms with E-state index in [0.29, 0.717) is 28.8 Å². The highest BCUT2D eigenvalue weighted by molar-refractivity contribution is 7.87. The van der Waals surface area contributed by atoms with Crippen LogP contribution in [0.5, 0.6) is 5.75 Å². The summed E-state index contributed by atoms with van der Waals surface area (Å²) in [7, 11) is -3.96. The normalized spacial score (nSPS) is 15.7. The number of carbonyl (C=O) groups excluding carboxylic acids is 1. The van der Waals surface area contributed by atoms with Crippen molar-refractivity contribution in [3.63, 3.8) is 0 Å². The first kappa shape index (κ1) is 23.4. The van der Waals surface area contributed by atoms with Crippen LogP contribution in [0.4, 0.5) is 0 Å². The molecule has 32 heavy (non-hydrogen) atoms. The molecular weight excluding hydrogens is 422 g/mol. The maximum Gasteiger partial charge on any atom is 0.339 e. The molecule has 0 unspecified atom stereocenters. The van der Waals surface area contributed by atoms with Crippen molar-refractivity contribution in [3.05, 3.63) is 94.6 Å². The molecule has 0 bridgehead atoms. The van der Waals surface area contributed by atoms with Crippen molar-refractivity contribution in [3.8, 4) is 5.75 Å². The van der Waals surface area contributed by atoms with Crippen LogP contribution in [0.1, 0.15) is 49.0 Å². The van der Waals surface area contributed by atoms with E-state index in [1.807, 2.05) is 20.8 Å². The van der Waals surface area contributed by atoms with Crippen LogP contribution in [-0.4, -0.2) is 19.9 Å². The Hall–Kier alpha value is -3.25. The minimum atomic E-state index is -3.96. The lowest BCUT2D eigenvalue weighted by Crippen LogP contribution is -2.15. The Labute approximate surface area is 189 Å². The third kappa shape index (κ3) is 5.14. The van der Waals surface area contributed by atoms with Crippen molar-refractivity contribution in [1.29, 1.82) is 5.41 Å². The van der Waals surface area contributed by atoms with Gasteiger partial charge in [-0.05, 0) is 86.7 Å². The molecule has 0 saturated carbocycles. The molecule has 0 aliphatic heterocycles. The number of allylic oxidation sites excluding steroid dienone is 5.